The smallest absolute Gasteiger partial charge is 0.133 e. The quantitative estimate of drug-likeness (QED) is 0.375. The molecule has 3 aromatic carbocycles. The van der Waals surface area contributed by atoms with E-state index < -0.39 is 5.54 Å². The van der Waals surface area contributed by atoms with Crippen LogP contribution in [0.1, 0.15) is 69.3 Å². The lowest BCUT2D eigenvalue weighted by Crippen LogP contribution is -2.44. The number of amidine groups is 1. The number of benzene rings is 3. The predicted molar refractivity (Wildman–Crippen MR) is 144 cm³/mol. The molecule has 5 heteroatoms. The Balaban J connectivity index is 1.87. The Labute approximate surface area is 213 Å². The summed E-state index contributed by atoms with van der Waals surface area (Å²) < 4.78 is 6.11. The second-order valence-corrected chi connectivity index (χ2v) is 10.7. The SMILES string of the molecule is CCOc1cc(C(C)(C)C)ccc1C1=N[C@@H](c2ccc(Cl)cc2)[C@](CC)(c2ccc(Cl)cc2)N1. The zero-order chi connectivity index (χ0) is 24.5. The lowest BCUT2D eigenvalue weighted by atomic mass is 9.78. The second kappa shape index (κ2) is 9.64. The molecule has 0 spiro atoms. The van der Waals surface area contributed by atoms with Crippen molar-refractivity contribution in [2.45, 2.75) is 58.0 Å². The largest absolute Gasteiger partial charge is 0.493 e. The maximum atomic E-state index is 6.23. The molecule has 0 amide bonds. The van der Waals surface area contributed by atoms with E-state index in [1.807, 2.05) is 31.2 Å². The lowest BCUT2D eigenvalue weighted by molar-refractivity contribution is 0.332. The number of hydrogen-bond acceptors (Lipinski definition) is 3. The van der Waals surface area contributed by atoms with Crippen LogP contribution in [0, 0.1) is 0 Å². The fraction of sp³-hybridized carbons (Fsp3) is 0.345. The molecule has 0 unspecified atom stereocenters. The summed E-state index contributed by atoms with van der Waals surface area (Å²) in [5.74, 6) is 1.68. The van der Waals surface area contributed by atoms with Gasteiger partial charge in [0.2, 0.25) is 0 Å². The molecule has 178 valence electrons. The molecule has 1 aliphatic rings. The molecule has 0 fully saturated rings. The van der Waals surface area contributed by atoms with E-state index in [1.165, 1.54) is 5.56 Å². The van der Waals surface area contributed by atoms with Gasteiger partial charge in [-0.3, -0.25) is 4.99 Å². The van der Waals surface area contributed by atoms with Crippen molar-refractivity contribution in [3.63, 3.8) is 0 Å². The molecule has 0 aliphatic carbocycles. The highest BCUT2D eigenvalue weighted by molar-refractivity contribution is 6.30. The zero-order valence-electron chi connectivity index (χ0n) is 20.5. The highest BCUT2D eigenvalue weighted by Gasteiger charge is 2.45. The molecule has 0 saturated carbocycles. The molecule has 0 radical (unpaired) electrons. The summed E-state index contributed by atoms with van der Waals surface area (Å²) in [5.41, 5.74) is 4.04. The first-order valence-corrected chi connectivity index (χ1v) is 12.6. The van der Waals surface area contributed by atoms with Crippen LogP contribution in [0.5, 0.6) is 5.75 Å². The molecule has 1 N–H and O–H groups in total. The third kappa shape index (κ3) is 4.69. The van der Waals surface area contributed by atoms with Crippen molar-refractivity contribution in [1.29, 1.82) is 0 Å². The van der Waals surface area contributed by atoms with Crippen LogP contribution in [-0.2, 0) is 11.0 Å². The van der Waals surface area contributed by atoms with Gasteiger partial charge in [0.05, 0.1) is 17.7 Å². The summed E-state index contributed by atoms with van der Waals surface area (Å²) in [6, 6.07) is 22.4. The van der Waals surface area contributed by atoms with Gasteiger partial charge in [-0.1, -0.05) is 81.2 Å². The van der Waals surface area contributed by atoms with E-state index in [2.05, 4.69) is 75.5 Å². The molecule has 3 nitrogen and oxygen atoms in total. The topological polar surface area (TPSA) is 33.6 Å². The fourth-order valence-electron chi connectivity index (χ4n) is 4.61. The Bertz CT molecular complexity index is 1180. The monoisotopic (exact) mass is 494 g/mol. The number of hydrogen-bond donors (Lipinski definition) is 1. The molecular formula is C29H32Cl2N2O. The number of rotatable bonds is 6. The summed E-state index contributed by atoms with van der Waals surface area (Å²) in [5, 5.41) is 5.25. The van der Waals surface area contributed by atoms with Crippen LogP contribution in [0.15, 0.2) is 71.7 Å². The molecule has 2 atom stereocenters. The van der Waals surface area contributed by atoms with E-state index in [0.29, 0.717) is 16.7 Å². The van der Waals surface area contributed by atoms with Gasteiger partial charge >= 0.3 is 0 Å². The average Bonchev–Trinajstić information content (AvgIpc) is 3.20. The van der Waals surface area contributed by atoms with Crippen molar-refractivity contribution in [2.75, 3.05) is 6.61 Å². The number of nitrogens with one attached hydrogen (secondary N) is 1. The Morgan fingerprint density at radius 3 is 2.09 bits per heavy atom. The van der Waals surface area contributed by atoms with Gasteiger partial charge in [-0.2, -0.15) is 0 Å². The molecule has 3 aromatic rings. The summed E-state index contributed by atoms with van der Waals surface area (Å²) in [7, 11) is 0. The van der Waals surface area contributed by atoms with Crippen LogP contribution in [0.3, 0.4) is 0 Å². The minimum absolute atomic E-state index is 0.0254. The summed E-state index contributed by atoms with van der Waals surface area (Å²) in [6.45, 7) is 11.4. The molecule has 1 heterocycles. The maximum Gasteiger partial charge on any atom is 0.133 e. The molecule has 1 aliphatic heterocycles. The van der Waals surface area contributed by atoms with E-state index in [4.69, 9.17) is 32.9 Å². The van der Waals surface area contributed by atoms with Crippen molar-refractivity contribution < 1.29 is 4.74 Å². The lowest BCUT2D eigenvalue weighted by Gasteiger charge is -2.35. The van der Waals surface area contributed by atoms with Crippen LogP contribution in [0.4, 0.5) is 0 Å². The Morgan fingerprint density at radius 1 is 0.912 bits per heavy atom. The number of halogens is 2. The standard InChI is InChI=1S/C29H32Cl2N2O/c1-6-29(20-10-15-23(31)16-11-20)26(19-8-13-22(30)14-9-19)32-27(33-29)24-17-12-21(28(3,4)5)18-25(24)34-7-2/h8-18,26H,6-7H2,1-5H3,(H,32,33)/t26-,29-/m0/s1. The van der Waals surface area contributed by atoms with Crippen molar-refractivity contribution in [3.05, 3.63) is 99.0 Å². The molecule has 4 rings (SSSR count). The summed E-state index contributed by atoms with van der Waals surface area (Å²) in [4.78, 5) is 5.27. The minimum atomic E-state index is -0.431. The second-order valence-electron chi connectivity index (χ2n) is 9.78. The van der Waals surface area contributed by atoms with E-state index in [9.17, 15) is 0 Å². The molecular weight excluding hydrogens is 463 g/mol. The van der Waals surface area contributed by atoms with E-state index in [-0.39, 0.29) is 11.5 Å². The van der Waals surface area contributed by atoms with Gasteiger partial charge in [0.25, 0.3) is 0 Å². The normalized spacial score (nSPS) is 20.1. The van der Waals surface area contributed by atoms with Crippen molar-refractivity contribution in [3.8, 4) is 5.75 Å². The van der Waals surface area contributed by atoms with Crippen molar-refractivity contribution in [2.24, 2.45) is 4.99 Å². The first kappa shape index (κ1) is 24.6. The first-order chi connectivity index (χ1) is 16.2. The average molecular weight is 495 g/mol. The third-order valence-electron chi connectivity index (χ3n) is 6.57. The van der Waals surface area contributed by atoms with Crippen LogP contribution in [0.2, 0.25) is 10.0 Å². The number of ether oxygens (including phenoxy) is 1. The van der Waals surface area contributed by atoms with Gasteiger partial charge in [0.1, 0.15) is 17.6 Å². The van der Waals surface area contributed by atoms with Gasteiger partial charge in [-0.15, -0.1) is 0 Å². The third-order valence-corrected chi connectivity index (χ3v) is 7.08. The van der Waals surface area contributed by atoms with Crippen molar-refractivity contribution in [1.82, 2.24) is 5.32 Å². The predicted octanol–water partition coefficient (Wildman–Crippen LogP) is 8.09. The summed E-state index contributed by atoms with van der Waals surface area (Å²) in [6.07, 6.45) is 0.832. The molecule has 0 bridgehead atoms. The van der Waals surface area contributed by atoms with Crippen molar-refractivity contribution >= 4 is 29.0 Å². The van der Waals surface area contributed by atoms with Gasteiger partial charge in [-0.25, -0.2) is 0 Å². The summed E-state index contributed by atoms with van der Waals surface area (Å²) >= 11 is 12.4. The minimum Gasteiger partial charge on any atom is -0.493 e. The number of nitrogens with zero attached hydrogens (tertiary/aromatic N) is 1. The van der Waals surface area contributed by atoms with E-state index >= 15 is 0 Å². The Kier molecular flexibility index (Phi) is 6.98. The van der Waals surface area contributed by atoms with Crippen LogP contribution < -0.4 is 10.1 Å². The van der Waals surface area contributed by atoms with Crippen LogP contribution in [-0.4, -0.2) is 12.4 Å². The molecule has 0 aromatic heterocycles. The van der Waals surface area contributed by atoms with E-state index in [1.54, 1.807) is 0 Å². The maximum absolute atomic E-state index is 6.23. The van der Waals surface area contributed by atoms with Gasteiger partial charge in [0, 0.05) is 10.0 Å². The van der Waals surface area contributed by atoms with E-state index in [0.717, 1.165) is 34.7 Å². The fourth-order valence-corrected chi connectivity index (χ4v) is 4.87. The van der Waals surface area contributed by atoms with Gasteiger partial charge in [0.15, 0.2) is 0 Å². The first-order valence-electron chi connectivity index (χ1n) is 11.8. The van der Waals surface area contributed by atoms with Crippen LogP contribution >= 0.6 is 23.2 Å². The van der Waals surface area contributed by atoms with Gasteiger partial charge < -0.3 is 10.1 Å². The Hall–Kier alpha value is -2.49. The number of aliphatic imine (C=N–C) groups is 1. The highest BCUT2D eigenvalue weighted by atomic mass is 35.5. The molecule has 0 saturated heterocycles. The highest BCUT2D eigenvalue weighted by Crippen LogP contribution is 2.46. The Morgan fingerprint density at radius 2 is 1.53 bits per heavy atom. The zero-order valence-corrected chi connectivity index (χ0v) is 22.0. The molecule has 34 heavy (non-hydrogen) atoms. The van der Waals surface area contributed by atoms with Gasteiger partial charge in [-0.05, 0) is 71.8 Å². The van der Waals surface area contributed by atoms with Crippen LogP contribution in [0.25, 0.3) is 0 Å².